The molecule has 5 nitrogen and oxygen atoms in total. The fourth-order valence-electron chi connectivity index (χ4n) is 2.03. The molecule has 1 aromatic rings. The number of carbonyl (C=O) groups excluding carboxylic acids is 2. The van der Waals surface area contributed by atoms with Crippen molar-refractivity contribution in [2.24, 2.45) is 0 Å². The fraction of sp³-hybridized carbons (Fsp3) is 0.385. The van der Waals surface area contributed by atoms with Gasteiger partial charge in [-0.15, -0.1) is 0 Å². The molecule has 0 radical (unpaired) electrons. The van der Waals surface area contributed by atoms with Gasteiger partial charge in [0.25, 0.3) is 5.91 Å². The van der Waals surface area contributed by atoms with Crippen LogP contribution in [0.5, 0.6) is 0 Å². The molecule has 2 rings (SSSR count). The van der Waals surface area contributed by atoms with Crippen molar-refractivity contribution in [3.63, 3.8) is 0 Å². The monoisotopic (exact) mass is 247 g/mol. The van der Waals surface area contributed by atoms with Crippen molar-refractivity contribution < 1.29 is 9.59 Å². The van der Waals surface area contributed by atoms with Gasteiger partial charge in [0.2, 0.25) is 5.91 Å². The second kappa shape index (κ2) is 5.53. The Hall–Kier alpha value is -2.04. The number of nitrogens with one attached hydrogen (secondary N) is 1. The van der Waals surface area contributed by atoms with Gasteiger partial charge in [0.15, 0.2) is 0 Å². The molecule has 0 unspecified atom stereocenters. The van der Waals surface area contributed by atoms with Crippen molar-refractivity contribution in [3.8, 4) is 0 Å². The van der Waals surface area contributed by atoms with Gasteiger partial charge in [-0.05, 0) is 25.0 Å². The lowest BCUT2D eigenvalue weighted by atomic mass is 10.1. The van der Waals surface area contributed by atoms with Gasteiger partial charge in [-0.2, -0.15) is 0 Å². The summed E-state index contributed by atoms with van der Waals surface area (Å²) in [6, 6.07) is 6.82. The van der Waals surface area contributed by atoms with Gasteiger partial charge in [-0.3, -0.25) is 9.59 Å². The van der Waals surface area contributed by atoms with E-state index >= 15 is 0 Å². The Kier molecular flexibility index (Phi) is 3.82. The van der Waals surface area contributed by atoms with Gasteiger partial charge in [0.1, 0.15) is 0 Å². The van der Waals surface area contributed by atoms with E-state index in [-0.39, 0.29) is 18.4 Å². The molecule has 3 N–H and O–H groups in total. The number of hydrogen-bond acceptors (Lipinski definition) is 3. The highest BCUT2D eigenvalue weighted by Crippen LogP contribution is 2.10. The Labute approximate surface area is 106 Å². The zero-order chi connectivity index (χ0) is 13.0. The van der Waals surface area contributed by atoms with Crippen molar-refractivity contribution in [1.29, 1.82) is 0 Å². The van der Waals surface area contributed by atoms with E-state index in [2.05, 4.69) is 5.32 Å². The predicted octanol–water partition coefficient (Wildman–Crippen LogP) is 0.621. The molecule has 1 aliphatic rings. The molecular formula is C13H17N3O2. The third kappa shape index (κ3) is 2.80. The summed E-state index contributed by atoms with van der Waals surface area (Å²) in [5, 5.41) is 2.61. The average Bonchev–Trinajstić information content (AvgIpc) is 2.90. The molecule has 1 fully saturated rings. The number of nitrogens with zero attached hydrogens (tertiary/aromatic N) is 1. The van der Waals surface area contributed by atoms with Crippen molar-refractivity contribution >= 4 is 17.5 Å². The second-order valence-electron chi connectivity index (χ2n) is 4.36. The molecule has 1 aromatic carbocycles. The van der Waals surface area contributed by atoms with Crippen LogP contribution in [-0.2, 0) is 4.79 Å². The number of likely N-dealkylation sites (tertiary alicyclic amines) is 1. The van der Waals surface area contributed by atoms with Crippen LogP contribution >= 0.6 is 0 Å². The smallest absolute Gasteiger partial charge is 0.253 e. The van der Waals surface area contributed by atoms with E-state index in [9.17, 15) is 9.59 Å². The number of para-hydroxylation sites is 1. The first kappa shape index (κ1) is 12.4. The molecule has 96 valence electrons. The fourth-order valence-corrected chi connectivity index (χ4v) is 2.03. The maximum atomic E-state index is 11.8. The zero-order valence-electron chi connectivity index (χ0n) is 10.2. The number of benzene rings is 1. The molecule has 0 spiro atoms. The highest BCUT2D eigenvalue weighted by Gasteiger charge is 2.18. The molecule has 2 amide bonds. The number of rotatable bonds is 3. The molecule has 0 atom stereocenters. The zero-order valence-corrected chi connectivity index (χ0v) is 10.2. The molecule has 1 heterocycles. The van der Waals surface area contributed by atoms with E-state index in [1.807, 2.05) is 0 Å². The lowest BCUT2D eigenvalue weighted by molar-refractivity contribution is -0.129. The van der Waals surface area contributed by atoms with Crippen molar-refractivity contribution in [1.82, 2.24) is 10.2 Å². The van der Waals surface area contributed by atoms with E-state index in [1.165, 1.54) is 0 Å². The van der Waals surface area contributed by atoms with Crippen LogP contribution in [0.15, 0.2) is 24.3 Å². The van der Waals surface area contributed by atoms with Crippen LogP contribution in [0.4, 0.5) is 5.69 Å². The second-order valence-corrected chi connectivity index (χ2v) is 4.36. The number of hydrogen-bond donors (Lipinski definition) is 2. The van der Waals surface area contributed by atoms with Gasteiger partial charge < -0.3 is 16.0 Å². The first-order chi connectivity index (χ1) is 8.68. The van der Waals surface area contributed by atoms with Crippen molar-refractivity contribution in [2.75, 3.05) is 25.4 Å². The Morgan fingerprint density at radius 3 is 2.56 bits per heavy atom. The lowest BCUT2D eigenvalue weighted by Gasteiger charge is -2.15. The van der Waals surface area contributed by atoms with Crippen LogP contribution in [0, 0.1) is 0 Å². The summed E-state index contributed by atoms with van der Waals surface area (Å²) in [6.07, 6.45) is 2.09. The van der Waals surface area contributed by atoms with Gasteiger partial charge >= 0.3 is 0 Å². The molecule has 0 saturated carbocycles. The molecular weight excluding hydrogens is 230 g/mol. The summed E-state index contributed by atoms with van der Waals surface area (Å²) in [5.41, 5.74) is 6.52. The standard InChI is InChI=1S/C13H17N3O2/c14-11-6-2-1-5-10(11)13(18)15-9-12(17)16-7-3-4-8-16/h1-2,5-6H,3-4,7-9,14H2,(H,15,18). The Balaban J connectivity index is 1.88. The third-order valence-electron chi connectivity index (χ3n) is 3.06. The van der Waals surface area contributed by atoms with E-state index < -0.39 is 0 Å². The number of amides is 2. The largest absolute Gasteiger partial charge is 0.398 e. The van der Waals surface area contributed by atoms with Crippen LogP contribution in [0.2, 0.25) is 0 Å². The van der Waals surface area contributed by atoms with Gasteiger partial charge in [-0.25, -0.2) is 0 Å². The number of anilines is 1. The first-order valence-electron chi connectivity index (χ1n) is 6.09. The Bertz CT molecular complexity index is 453. The summed E-state index contributed by atoms with van der Waals surface area (Å²) in [5.74, 6) is -0.337. The van der Waals surface area contributed by atoms with Crippen LogP contribution in [0.1, 0.15) is 23.2 Å². The normalized spacial score (nSPS) is 14.6. The van der Waals surface area contributed by atoms with Crippen LogP contribution in [-0.4, -0.2) is 36.3 Å². The first-order valence-corrected chi connectivity index (χ1v) is 6.09. The minimum atomic E-state index is -0.305. The minimum absolute atomic E-state index is 0.0321. The highest BCUT2D eigenvalue weighted by atomic mass is 16.2. The Morgan fingerprint density at radius 2 is 1.89 bits per heavy atom. The lowest BCUT2D eigenvalue weighted by Crippen LogP contribution is -2.38. The predicted molar refractivity (Wildman–Crippen MR) is 69.0 cm³/mol. The van der Waals surface area contributed by atoms with E-state index in [0.717, 1.165) is 25.9 Å². The Morgan fingerprint density at radius 1 is 1.22 bits per heavy atom. The molecule has 1 aliphatic heterocycles. The van der Waals surface area contributed by atoms with Gasteiger partial charge in [0.05, 0.1) is 12.1 Å². The summed E-state index contributed by atoms with van der Waals surface area (Å²) in [7, 11) is 0. The van der Waals surface area contributed by atoms with Crippen molar-refractivity contribution in [3.05, 3.63) is 29.8 Å². The third-order valence-corrected chi connectivity index (χ3v) is 3.06. The summed E-state index contributed by atoms with van der Waals surface area (Å²) < 4.78 is 0. The van der Waals surface area contributed by atoms with Crippen molar-refractivity contribution in [2.45, 2.75) is 12.8 Å². The maximum Gasteiger partial charge on any atom is 0.253 e. The van der Waals surface area contributed by atoms with Crippen LogP contribution in [0.25, 0.3) is 0 Å². The molecule has 1 saturated heterocycles. The van der Waals surface area contributed by atoms with Crippen LogP contribution < -0.4 is 11.1 Å². The van der Waals surface area contributed by atoms with E-state index in [0.29, 0.717) is 11.3 Å². The van der Waals surface area contributed by atoms with Crippen LogP contribution in [0.3, 0.4) is 0 Å². The molecule has 0 bridgehead atoms. The maximum absolute atomic E-state index is 11.8. The SMILES string of the molecule is Nc1ccccc1C(=O)NCC(=O)N1CCCC1. The number of carbonyl (C=O) groups is 2. The minimum Gasteiger partial charge on any atom is -0.398 e. The summed E-state index contributed by atoms with van der Waals surface area (Å²) >= 11 is 0. The van der Waals surface area contributed by atoms with Gasteiger partial charge in [0, 0.05) is 18.8 Å². The summed E-state index contributed by atoms with van der Waals surface area (Å²) in [6.45, 7) is 1.62. The van der Waals surface area contributed by atoms with Gasteiger partial charge in [-0.1, -0.05) is 12.1 Å². The van der Waals surface area contributed by atoms with E-state index in [4.69, 9.17) is 5.73 Å². The number of nitrogens with two attached hydrogens (primary N) is 1. The summed E-state index contributed by atoms with van der Waals surface area (Å²) in [4.78, 5) is 25.3. The molecule has 5 heteroatoms. The molecule has 0 aromatic heterocycles. The van der Waals surface area contributed by atoms with E-state index in [1.54, 1.807) is 29.2 Å². The quantitative estimate of drug-likeness (QED) is 0.769. The average molecular weight is 247 g/mol. The molecule has 0 aliphatic carbocycles. The molecule has 18 heavy (non-hydrogen) atoms. The topological polar surface area (TPSA) is 75.4 Å². The highest BCUT2D eigenvalue weighted by molar-refractivity contribution is 6.00. The number of nitrogen functional groups attached to an aromatic ring is 1.